The minimum Gasteiger partial charge on any atom is -0.457 e. The molecule has 10 unspecified atom stereocenters. The van der Waals surface area contributed by atoms with Crippen molar-refractivity contribution in [3.05, 3.63) is 0 Å². The van der Waals surface area contributed by atoms with Gasteiger partial charge in [0.25, 0.3) is 0 Å². The molecule has 5 nitrogen and oxygen atoms in total. The number of Topliss-reactive ketones (excluding diaryl/α,β-unsaturated/α-hetero) is 1. The lowest BCUT2D eigenvalue weighted by Gasteiger charge is -2.72. The van der Waals surface area contributed by atoms with E-state index in [-0.39, 0.29) is 64.6 Å². The van der Waals surface area contributed by atoms with Crippen LogP contribution in [0.5, 0.6) is 0 Å². The Hall–Kier alpha value is -0.940. The number of ether oxygens (including phenoxy) is 1. The lowest BCUT2D eigenvalue weighted by atomic mass is 9.32. The summed E-state index contributed by atoms with van der Waals surface area (Å²) in [6, 6.07) is 0. The van der Waals surface area contributed by atoms with Crippen molar-refractivity contribution in [3.8, 4) is 0 Å². The summed E-state index contributed by atoms with van der Waals surface area (Å²) in [4.78, 5) is 26.8. The molecule has 5 aliphatic carbocycles. The molecule has 5 rings (SSSR count). The number of hydrogen-bond acceptors (Lipinski definition) is 5. The van der Waals surface area contributed by atoms with Crippen molar-refractivity contribution in [2.24, 2.45) is 68.0 Å². The maximum absolute atomic E-state index is 14.1. The average molecular weight is 573 g/mol. The van der Waals surface area contributed by atoms with E-state index in [2.05, 4.69) is 41.5 Å². The number of rotatable bonds is 5. The van der Waals surface area contributed by atoms with Gasteiger partial charge in [0.2, 0.25) is 0 Å². The van der Waals surface area contributed by atoms with Crippen LogP contribution in [0.2, 0.25) is 0 Å². The number of ketones is 1. The third kappa shape index (κ3) is 4.35. The van der Waals surface area contributed by atoms with Gasteiger partial charge in [0.15, 0.2) is 12.4 Å². The molecular weight excluding hydrogens is 512 g/mol. The lowest BCUT2D eigenvalue weighted by molar-refractivity contribution is -0.250. The second-order valence-corrected chi connectivity index (χ2v) is 17.8. The Bertz CT molecular complexity index is 1040. The van der Waals surface area contributed by atoms with Crippen molar-refractivity contribution in [1.29, 1.82) is 0 Å². The van der Waals surface area contributed by atoms with Gasteiger partial charge in [-0.05, 0) is 121 Å². The number of hydrogen-bond donors (Lipinski definition) is 2. The molecular formula is C36H60O5. The normalized spacial score (nSPS) is 47.8. The molecule has 5 heteroatoms. The average Bonchev–Trinajstić information content (AvgIpc) is 3.30. The molecule has 0 heterocycles. The summed E-state index contributed by atoms with van der Waals surface area (Å²) in [5, 5.41) is 21.3. The Morgan fingerprint density at radius 1 is 0.854 bits per heavy atom. The number of carbonyl (C=O) groups excluding carboxylic acids is 2. The third-order valence-corrected chi connectivity index (χ3v) is 15.1. The highest BCUT2D eigenvalue weighted by Gasteiger charge is 2.72. The van der Waals surface area contributed by atoms with Gasteiger partial charge in [-0.15, -0.1) is 0 Å². The van der Waals surface area contributed by atoms with Crippen LogP contribution in [0.4, 0.5) is 0 Å². The first-order valence-electron chi connectivity index (χ1n) is 16.9. The molecule has 11 atom stereocenters. The molecule has 5 saturated carbocycles. The summed E-state index contributed by atoms with van der Waals surface area (Å²) in [7, 11) is 0. The summed E-state index contributed by atoms with van der Waals surface area (Å²) in [6.07, 6.45) is 10.1. The van der Waals surface area contributed by atoms with Crippen molar-refractivity contribution < 1.29 is 24.5 Å². The number of aliphatic hydroxyl groups excluding tert-OH is 2. The molecule has 5 fully saturated rings. The van der Waals surface area contributed by atoms with E-state index < -0.39 is 10.8 Å². The van der Waals surface area contributed by atoms with Crippen molar-refractivity contribution in [2.45, 2.75) is 133 Å². The first-order chi connectivity index (χ1) is 18.9. The molecule has 0 saturated heterocycles. The summed E-state index contributed by atoms with van der Waals surface area (Å²) < 4.78 is 5.93. The summed E-state index contributed by atoms with van der Waals surface area (Å²) in [6.45, 7) is 20.1. The van der Waals surface area contributed by atoms with Gasteiger partial charge in [0.1, 0.15) is 0 Å². The van der Waals surface area contributed by atoms with Crippen molar-refractivity contribution in [1.82, 2.24) is 0 Å². The van der Waals surface area contributed by atoms with E-state index in [1.54, 1.807) is 0 Å². The lowest BCUT2D eigenvalue weighted by Crippen LogP contribution is -2.67. The highest BCUT2D eigenvalue weighted by molar-refractivity contribution is 5.87. The predicted molar refractivity (Wildman–Crippen MR) is 162 cm³/mol. The second-order valence-electron chi connectivity index (χ2n) is 17.8. The fourth-order valence-electron chi connectivity index (χ4n) is 12.3. The molecule has 2 N–H and O–H groups in total. The number of aliphatic hydroxyl groups is 2. The minimum atomic E-state index is -0.544. The summed E-state index contributed by atoms with van der Waals surface area (Å²) in [5.74, 6) is 2.00. The molecule has 41 heavy (non-hydrogen) atoms. The van der Waals surface area contributed by atoms with E-state index in [1.165, 1.54) is 19.3 Å². The fraction of sp³-hybridized carbons (Fsp3) is 0.944. The quantitative estimate of drug-likeness (QED) is 0.340. The van der Waals surface area contributed by atoms with E-state index in [4.69, 9.17) is 4.74 Å². The Balaban J connectivity index is 1.50. The van der Waals surface area contributed by atoms with Gasteiger partial charge in [-0.2, -0.15) is 0 Å². The highest BCUT2D eigenvalue weighted by atomic mass is 16.5. The molecule has 0 radical (unpaired) electrons. The zero-order chi connectivity index (χ0) is 30.4. The van der Waals surface area contributed by atoms with E-state index in [0.29, 0.717) is 23.7 Å². The van der Waals surface area contributed by atoms with Crippen molar-refractivity contribution in [2.75, 3.05) is 13.2 Å². The Morgan fingerprint density at radius 2 is 1.54 bits per heavy atom. The largest absolute Gasteiger partial charge is 0.457 e. The van der Waals surface area contributed by atoms with E-state index in [1.807, 2.05) is 20.8 Å². The van der Waals surface area contributed by atoms with Gasteiger partial charge >= 0.3 is 5.97 Å². The third-order valence-electron chi connectivity index (χ3n) is 15.1. The maximum Gasteiger partial charge on any atom is 0.312 e. The Morgan fingerprint density at radius 3 is 2.17 bits per heavy atom. The zero-order valence-electron chi connectivity index (χ0n) is 27.6. The minimum absolute atomic E-state index is 0.0312. The van der Waals surface area contributed by atoms with Crippen LogP contribution in [0.3, 0.4) is 0 Å². The zero-order valence-corrected chi connectivity index (χ0v) is 27.6. The van der Waals surface area contributed by atoms with Crippen LogP contribution >= 0.6 is 0 Å². The standard InChI is InChI=1S/C36H60O5/c1-22(20-37)23-12-17-36(30(40)41-21-28(39)31(2,3)4)19-18-34(8)24(29(23)36)10-11-26-33(7)15-14-27(38)32(5,6)25(33)13-16-35(26,34)9/h22-27,29,37-38H,10-21H2,1-9H3/t22?,23?,24?,25?,26?,27?,29?,33?,34?,35?,36-/m0/s1. The summed E-state index contributed by atoms with van der Waals surface area (Å²) >= 11 is 0. The smallest absolute Gasteiger partial charge is 0.312 e. The predicted octanol–water partition coefficient (Wildman–Crippen LogP) is 7.22. The Labute approximate surface area is 250 Å². The van der Waals surface area contributed by atoms with E-state index >= 15 is 0 Å². The highest BCUT2D eigenvalue weighted by Crippen LogP contribution is 2.77. The van der Waals surface area contributed by atoms with Gasteiger partial charge in [-0.25, -0.2) is 0 Å². The monoisotopic (exact) mass is 572 g/mol. The maximum atomic E-state index is 14.1. The molecule has 0 amide bonds. The van der Waals surface area contributed by atoms with Gasteiger partial charge in [-0.1, -0.05) is 62.3 Å². The van der Waals surface area contributed by atoms with Crippen LogP contribution in [0.15, 0.2) is 0 Å². The van der Waals surface area contributed by atoms with Crippen LogP contribution in [0.25, 0.3) is 0 Å². The van der Waals surface area contributed by atoms with Crippen LogP contribution < -0.4 is 0 Å². The topological polar surface area (TPSA) is 83.8 Å². The van der Waals surface area contributed by atoms with Crippen LogP contribution in [0.1, 0.15) is 127 Å². The van der Waals surface area contributed by atoms with Gasteiger partial charge in [0.05, 0.1) is 11.5 Å². The molecule has 0 aromatic carbocycles. The fourth-order valence-corrected chi connectivity index (χ4v) is 12.3. The SMILES string of the molecule is CC(CO)C1CC[C@]2(C(=O)OCC(=O)C(C)(C)C)CCC3(C)C(CCC4C5(C)CCC(O)C(C)(C)C5CCC43C)C12. The first kappa shape index (κ1) is 31.5. The first-order valence-corrected chi connectivity index (χ1v) is 16.9. The molecule has 0 aliphatic heterocycles. The molecule has 0 bridgehead atoms. The van der Waals surface area contributed by atoms with E-state index in [0.717, 1.165) is 44.9 Å². The summed E-state index contributed by atoms with van der Waals surface area (Å²) in [5.41, 5.74) is -0.631. The molecule has 234 valence electrons. The van der Waals surface area contributed by atoms with E-state index in [9.17, 15) is 19.8 Å². The van der Waals surface area contributed by atoms with Gasteiger partial charge in [0, 0.05) is 12.0 Å². The second kappa shape index (κ2) is 10.0. The molecule has 5 aliphatic rings. The molecule has 0 spiro atoms. The number of esters is 1. The van der Waals surface area contributed by atoms with Crippen LogP contribution in [0, 0.1) is 68.0 Å². The molecule has 0 aromatic rings. The van der Waals surface area contributed by atoms with Gasteiger partial charge < -0.3 is 14.9 Å². The van der Waals surface area contributed by atoms with Crippen LogP contribution in [-0.2, 0) is 14.3 Å². The Kier molecular flexibility index (Phi) is 7.71. The van der Waals surface area contributed by atoms with Gasteiger partial charge in [-0.3, -0.25) is 9.59 Å². The number of carbonyl (C=O) groups is 2. The molecule has 0 aromatic heterocycles. The van der Waals surface area contributed by atoms with Crippen molar-refractivity contribution >= 4 is 11.8 Å². The van der Waals surface area contributed by atoms with Crippen LogP contribution in [-0.4, -0.2) is 41.3 Å². The number of fused-ring (bicyclic) bond motifs is 7. The van der Waals surface area contributed by atoms with Crippen molar-refractivity contribution in [3.63, 3.8) is 0 Å².